The second-order valence-corrected chi connectivity index (χ2v) is 8.71. The normalized spacial score (nSPS) is 11.3. The first-order chi connectivity index (χ1) is 14.6. The molecule has 0 unspecified atom stereocenters. The zero-order chi connectivity index (χ0) is 21.1. The molecule has 0 radical (unpaired) electrons. The number of phenols is 1. The maximum atomic E-state index is 10.2. The van der Waals surface area contributed by atoms with Crippen molar-refractivity contribution in [2.24, 2.45) is 0 Å². The minimum Gasteiger partial charge on any atom is -0.507 e. The molecule has 0 saturated heterocycles. The molecule has 0 atom stereocenters. The third-order valence-corrected chi connectivity index (χ3v) is 6.63. The number of phenolic OH excluding ortho intramolecular Hbond substituents is 1. The molecule has 0 saturated carbocycles. The number of hydrogen-bond donors (Lipinski definition) is 1. The van der Waals surface area contributed by atoms with Gasteiger partial charge >= 0.3 is 0 Å². The van der Waals surface area contributed by atoms with Crippen molar-refractivity contribution in [3.05, 3.63) is 128 Å². The molecule has 4 heteroatoms. The lowest BCUT2D eigenvalue weighted by Crippen LogP contribution is -2.31. The average Bonchev–Trinajstić information content (AvgIpc) is 2.78. The highest BCUT2D eigenvalue weighted by molar-refractivity contribution is 9.10. The molecule has 150 valence electrons. The van der Waals surface area contributed by atoms with Crippen molar-refractivity contribution in [1.29, 1.82) is 0 Å². The molecule has 0 spiro atoms. The second-order valence-electron chi connectivity index (χ2n) is 7.00. The van der Waals surface area contributed by atoms with Gasteiger partial charge in [-0.1, -0.05) is 72.8 Å². The Bertz CT molecular complexity index is 1120. The van der Waals surface area contributed by atoms with E-state index in [2.05, 4.69) is 92.5 Å². The number of aromatic hydroxyl groups is 1. The number of methoxy groups -OCH3 is 1. The van der Waals surface area contributed by atoms with Crippen molar-refractivity contribution >= 4 is 31.9 Å². The highest BCUT2D eigenvalue weighted by Crippen LogP contribution is 2.47. The van der Waals surface area contributed by atoms with Gasteiger partial charge in [0.05, 0.1) is 21.5 Å². The molecule has 4 rings (SSSR count). The van der Waals surface area contributed by atoms with Gasteiger partial charge in [0.15, 0.2) is 0 Å². The van der Waals surface area contributed by atoms with Gasteiger partial charge in [-0.2, -0.15) is 0 Å². The van der Waals surface area contributed by atoms with Crippen LogP contribution in [-0.4, -0.2) is 12.2 Å². The Kier molecular flexibility index (Phi) is 5.98. The van der Waals surface area contributed by atoms with Gasteiger partial charge in [0.1, 0.15) is 11.5 Å². The van der Waals surface area contributed by atoms with Crippen LogP contribution < -0.4 is 4.74 Å². The predicted molar refractivity (Wildman–Crippen MR) is 128 cm³/mol. The molecule has 0 aliphatic rings. The summed E-state index contributed by atoms with van der Waals surface area (Å²) in [6, 6.07) is 32.8. The summed E-state index contributed by atoms with van der Waals surface area (Å²) in [7, 11) is 1.67. The fourth-order valence-electron chi connectivity index (χ4n) is 4.02. The van der Waals surface area contributed by atoms with Gasteiger partial charge in [-0.15, -0.1) is 0 Å². The molecule has 0 fully saturated rings. The molecule has 0 bridgehead atoms. The molecule has 30 heavy (non-hydrogen) atoms. The summed E-state index contributed by atoms with van der Waals surface area (Å²) < 4.78 is 7.02. The quantitative estimate of drug-likeness (QED) is 0.278. The summed E-state index contributed by atoms with van der Waals surface area (Å²) in [5.41, 5.74) is 3.80. The Morgan fingerprint density at radius 3 is 1.60 bits per heavy atom. The molecule has 0 aliphatic carbocycles. The number of ether oxygens (including phenoxy) is 1. The summed E-state index contributed by atoms with van der Waals surface area (Å²) >= 11 is 7.18. The standard InChI is InChI=1S/C26H20Br2O2/c1-30-25-15-13-21(17-23(25)28)26(18-8-4-2-5-9-18,19-10-6-3-7-11-19)20-12-14-24(29)22(27)16-20/h2-17,29H,1H3. The summed E-state index contributed by atoms with van der Waals surface area (Å²) in [5.74, 6) is 0.991. The Labute approximate surface area is 193 Å². The number of hydrogen-bond acceptors (Lipinski definition) is 2. The Hall–Kier alpha value is -2.56. The number of benzene rings is 4. The smallest absolute Gasteiger partial charge is 0.133 e. The van der Waals surface area contributed by atoms with Crippen LogP contribution in [0.3, 0.4) is 0 Å². The summed E-state index contributed by atoms with van der Waals surface area (Å²) in [6.07, 6.45) is 0. The van der Waals surface area contributed by atoms with Crippen LogP contribution >= 0.6 is 31.9 Å². The Morgan fingerprint density at radius 2 is 1.13 bits per heavy atom. The largest absolute Gasteiger partial charge is 0.507 e. The highest BCUT2D eigenvalue weighted by atomic mass is 79.9. The molecule has 2 nitrogen and oxygen atoms in total. The van der Waals surface area contributed by atoms with Crippen LogP contribution in [-0.2, 0) is 5.41 Å². The van der Waals surface area contributed by atoms with E-state index in [1.54, 1.807) is 13.2 Å². The van der Waals surface area contributed by atoms with Crippen LogP contribution in [0.25, 0.3) is 0 Å². The SMILES string of the molecule is COc1ccc(C(c2ccccc2)(c2ccccc2)c2ccc(O)c(Br)c2)cc1Br. The fraction of sp³-hybridized carbons (Fsp3) is 0.0769. The lowest BCUT2D eigenvalue weighted by molar-refractivity contribution is 0.412. The van der Waals surface area contributed by atoms with Crippen LogP contribution in [0, 0.1) is 0 Å². The van der Waals surface area contributed by atoms with Gasteiger partial charge < -0.3 is 9.84 Å². The van der Waals surface area contributed by atoms with Crippen LogP contribution in [0.2, 0.25) is 0 Å². The molecule has 1 N–H and O–H groups in total. The zero-order valence-corrected chi connectivity index (χ0v) is 19.5. The highest BCUT2D eigenvalue weighted by Gasteiger charge is 2.39. The van der Waals surface area contributed by atoms with Gasteiger partial charge in [-0.3, -0.25) is 0 Å². The summed E-state index contributed by atoms with van der Waals surface area (Å²) in [6.45, 7) is 0. The monoisotopic (exact) mass is 522 g/mol. The van der Waals surface area contributed by atoms with Crippen LogP contribution in [0.5, 0.6) is 11.5 Å². The van der Waals surface area contributed by atoms with E-state index in [1.165, 1.54) is 0 Å². The number of halogens is 2. The van der Waals surface area contributed by atoms with E-state index in [-0.39, 0.29) is 5.75 Å². The van der Waals surface area contributed by atoms with Crippen LogP contribution in [0.4, 0.5) is 0 Å². The van der Waals surface area contributed by atoms with Crippen molar-refractivity contribution in [3.63, 3.8) is 0 Å². The lowest BCUT2D eigenvalue weighted by atomic mass is 9.65. The van der Waals surface area contributed by atoms with Gasteiger partial charge in [-0.25, -0.2) is 0 Å². The summed E-state index contributed by atoms with van der Waals surface area (Å²) in [4.78, 5) is 0. The first-order valence-corrected chi connectivity index (χ1v) is 11.1. The maximum absolute atomic E-state index is 10.2. The minimum absolute atomic E-state index is 0.213. The van der Waals surface area contributed by atoms with E-state index in [0.29, 0.717) is 4.47 Å². The first kappa shape index (κ1) is 20.7. The van der Waals surface area contributed by atoms with Crippen molar-refractivity contribution in [2.45, 2.75) is 5.41 Å². The van der Waals surface area contributed by atoms with Crippen molar-refractivity contribution in [2.75, 3.05) is 7.11 Å². The molecule has 0 amide bonds. The molecule has 0 aromatic heterocycles. The van der Waals surface area contributed by atoms with E-state index < -0.39 is 5.41 Å². The zero-order valence-electron chi connectivity index (χ0n) is 16.3. The van der Waals surface area contributed by atoms with Crippen LogP contribution in [0.1, 0.15) is 22.3 Å². The van der Waals surface area contributed by atoms with Crippen LogP contribution in [0.15, 0.2) is 106 Å². The molecular formula is C26H20Br2O2. The second kappa shape index (κ2) is 8.66. The Morgan fingerprint density at radius 1 is 0.633 bits per heavy atom. The van der Waals surface area contributed by atoms with Crippen molar-refractivity contribution < 1.29 is 9.84 Å². The first-order valence-electron chi connectivity index (χ1n) is 9.51. The van der Waals surface area contributed by atoms with E-state index in [4.69, 9.17) is 4.74 Å². The van der Waals surface area contributed by atoms with Gasteiger partial charge in [0.25, 0.3) is 0 Å². The maximum Gasteiger partial charge on any atom is 0.133 e. The van der Waals surface area contributed by atoms with Gasteiger partial charge in [0, 0.05) is 0 Å². The van der Waals surface area contributed by atoms with E-state index >= 15 is 0 Å². The molecular weight excluding hydrogens is 504 g/mol. The lowest BCUT2D eigenvalue weighted by Gasteiger charge is -2.37. The topological polar surface area (TPSA) is 29.5 Å². The minimum atomic E-state index is -0.590. The van der Waals surface area contributed by atoms with E-state index in [0.717, 1.165) is 32.5 Å². The molecule has 4 aromatic carbocycles. The van der Waals surface area contributed by atoms with Gasteiger partial charge in [0.2, 0.25) is 0 Å². The third kappa shape index (κ3) is 3.55. The average molecular weight is 524 g/mol. The summed E-state index contributed by atoms with van der Waals surface area (Å²) in [5, 5.41) is 10.2. The number of rotatable bonds is 5. The molecule has 0 heterocycles. The van der Waals surface area contributed by atoms with E-state index in [1.807, 2.05) is 30.3 Å². The molecule has 0 aliphatic heterocycles. The third-order valence-electron chi connectivity index (χ3n) is 5.38. The fourth-order valence-corrected chi connectivity index (χ4v) is 4.94. The Balaban J connectivity index is 2.14. The van der Waals surface area contributed by atoms with E-state index in [9.17, 15) is 5.11 Å². The van der Waals surface area contributed by atoms with Gasteiger partial charge in [-0.05, 0) is 78.4 Å². The van der Waals surface area contributed by atoms with Crippen molar-refractivity contribution in [3.8, 4) is 11.5 Å². The molecule has 4 aromatic rings. The predicted octanol–water partition coefficient (Wildman–Crippen LogP) is 7.31. The van der Waals surface area contributed by atoms with Crippen molar-refractivity contribution in [1.82, 2.24) is 0 Å².